The SMILES string of the molecule is C/C(=C/C(O)CCc1ccccc1)C(F)F. The van der Waals surface area contributed by atoms with E-state index in [9.17, 15) is 13.9 Å². The molecule has 0 heterocycles. The predicted octanol–water partition coefficient (Wildman–Crippen LogP) is 3.19. The monoisotopic (exact) mass is 226 g/mol. The summed E-state index contributed by atoms with van der Waals surface area (Å²) in [5.74, 6) is 0. The summed E-state index contributed by atoms with van der Waals surface area (Å²) in [6, 6.07) is 9.66. The van der Waals surface area contributed by atoms with E-state index in [2.05, 4.69) is 0 Å². The first-order chi connectivity index (χ1) is 7.59. The van der Waals surface area contributed by atoms with Gasteiger partial charge in [0.25, 0.3) is 6.43 Å². The predicted molar refractivity (Wildman–Crippen MR) is 60.5 cm³/mol. The zero-order valence-corrected chi connectivity index (χ0v) is 9.24. The molecule has 0 saturated carbocycles. The molecular formula is C13H16F2O. The van der Waals surface area contributed by atoms with Crippen molar-refractivity contribution in [2.75, 3.05) is 0 Å². The van der Waals surface area contributed by atoms with Crippen LogP contribution in [0.25, 0.3) is 0 Å². The summed E-state index contributed by atoms with van der Waals surface area (Å²) < 4.78 is 24.3. The van der Waals surface area contributed by atoms with Crippen LogP contribution in [0.3, 0.4) is 0 Å². The Kier molecular flexibility index (Phi) is 5.12. The Balaban J connectivity index is 2.42. The average molecular weight is 226 g/mol. The van der Waals surface area contributed by atoms with Gasteiger partial charge in [-0.05, 0) is 30.9 Å². The normalized spacial score (nSPS) is 14.2. The van der Waals surface area contributed by atoms with E-state index < -0.39 is 12.5 Å². The lowest BCUT2D eigenvalue weighted by molar-refractivity contribution is 0.178. The second kappa shape index (κ2) is 6.38. The molecule has 0 radical (unpaired) electrons. The third-order valence-corrected chi connectivity index (χ3v) is 2.37. The maximum absolute atomic E-state index is 12.2. The van der Waals surface area contributed by atoms with Gasteiger partial charge in [-0.25, -0.2) is 8.78 Å². The lowest BCUT2D eigenvalue weighted by Gasteiger charge is -2.07. The highest BCUT2D eigenvalue weighted by atomic mass is 19.3. The fraction of sp³-hybridized carbons (Fsp3) is 0.385. The Labute approximate surface area is 94.4 Å². The van der Waals surface area contributed by atoms with Crippen molar-refractivity contribution in [3.05, 3.63) is 47.5 Å². The smallest absolute Gasteiger partial charge is 0.259 e. The van der Waals surface area contributed by atoms with Gasteiger partial charge >= 0.3 is 0 Å². The highest BCUT2D eigenvalue weighted by Crippen LogP contribution is 2.11. The van der Waals surface area contributed by atoms with Gasteiger partial charge in [-0.3, -0.25) is 0 Å². The van der Waals surface area contributed by atoms with Gasteiger partial charge in [0.15, 0.2) is 0 Å². The van der Waals surface area contributed by atoms with Gasteiger partial charge in [0.05, 0.1) is 6.10 Å². The molecule has 0 aliphatic carbocycles. The van der Waals surface area contributed by atoms with Crippen molar-refractivity contribution in [1.29, 1.82) is 0 Å². The summed E-state index contributed by atoms with van der Waals surface area (Å²) in [7, 11) is 0. The van der Waals surface area contributed by atoms with Gasteiger partial charge in [0.1, 0.15) is 0 Å². The third kappa shape index (κ3) is 4.53. The number of benzene rings is 1. The largest absolute Gasteiger partial charge is 0.389 e. The number of allylic oxidation sites excluding steroid dienone is 1. The molecule has 1 rings (SSSR count). The Morgan fingerprint density at radius 2 is 1.94 bits per heavy atom. The molecule has 1 atom stereocenters. The molecular weight excluding hydrogens is 210 g/mol. The molecule has 0 fully saturated rings. The van der Waals surface area contributed by atoms with E-state index in [1.54, 1.807) is 0 Å². The van der Waals surface area contributed by atoms with Crippen LogP contribution in [-0.4, -0.2) is 17.6 Å². The summed E-state index contributed by atoms with van der Waals surface area (Å²) in [5.41, 5.74) is 1.03. The van der Waals surface area contributed by atoms with Crippen molar-refractivity contribution in [3.63, 3.8) is 0 Å². The topological polar surface area (TPSA) is 20.2 Å². The number of aryl methyl sites for hydroxylation is 1. The third-order valence-electron chi connectivity index (χ3n) is 2.37. The minimum absolute atomic E-state index is 0.0689. The van der Waals surface area contributed by atoms with Crippen LogP contribution in [0, 0.1) is 0 Å². The van der Waals surface area contributed by atoms with E-state index in [1.165, 1.54) is 13.0 Å². The van der Waals surface area contributed by atoms with Crippen molar-refractivity contribution < 1.29 is 13.9 Å². The summed E-state index contributed by atoms with van der Waals surface area (Å²) in [5, 5.41) is 9.52. The molecule has 0 aliphatic rings. The highest BCUT2D eigenvalue weighted by molar-refractivity contribution is 5.15. The molecule has 1 aromatic carbocycles. The van der Waals surface area contributed by atoms with Gasteiger partial charge in [-0.15, -0.1) is 0 Å². The van der Waals surface area contributed by atoms with Crippen LogP contribution < -0.4 is 0 Å². The molecule has 0 bridgehead atoms. The molecule has 0 saturated heterocycles. The van der Waals surface area contributed by atoms with Crippen LogP contribution in [-0.2, 0) is 6.42 Å². The first-order valence-corrected chi connectivity index (χ1v) is 5.28. The first kappa shape index (κ1) is 12.8. The second-order valence-corrected chi connectivity index (χ2v) is 3.80. The summed E-state index contributed by atoms with van der Waals surface area (Å²) in [4.78, 5) is 0. The van der Waals surface area contributed by atoms with Crippen LogP contribution in [0.1, 0.15) is 18.9 Å². The van der Waals surface area contributed by atoms with E-state index >= 15 is 0 Å². The van der Waals surface area contributed by atoms with E-state index in [0.29, 0.717) is 12.8 Å². The number of hydrogen-bond acceptors (Lipinski definition) is 1. The Bertz CT molecular complexity index is 333. The van der Waals surface area contributed by atoms with Crippen molar-refractivity contribution >= 4 is 0 Å². The van der Waals surface area contributed by atoms with E-state index in [1.807, 2.05) is 30.3 Å². The van der Waals surface area contributed by atoms with Gasteiger partial charge in [0.2, 0.25) is 0 Å². The van der Waals surface area contributed by atoms with Crippen LogP contribution in [0.5, 0.6) is 0 Å². The molecule has 0 amide bonds. The van der Waals surface area contributed by atoms with Gasteiger partial charge in [-0.2, -0.15) is 0 Å². The van der Waals surface area contributed by atoms with Gasteiger partial charge in [-0.1, -0.05) is 36.4 Å². The van der Waals surface area contributed by atoms with Crippen LogP contribution in [0.4, 0.5) is 8.78 Å². The second-order valence-electron chi connectivity index (χ2n) is 3.80. The molecule has 88 valence electrons. The minimum Gasteiger partial charge on any atom is -0.389 e. The minimum atomic E-state index is -2.48. The first-order valence-electron chi connectivity index (χ1n) is 5.28. The van der Waals surface area contributed by atoms with E-state index in [4.69, 9.17) is 0 Å². The van der Waals surface area contributed by atoms with Crippen molar-refractivity contribution in [2.24, 2.45) is 0 Å². The molecule has 1 nitrogen and oxygen atoms in total. The fourth-order valence-corrected chi connectivity index (χ4v) is 1.42. The molecule has 1 unspecified atom stereocenters. The van der Waals surface area contributed by atoms with Crippen LogP contribution in [0.2, 0.25) is 0 Å². The maximum Gasteiger partial charge on any atom is 0.259 e. The van der Waals surface area contributed by atoms with E-state index in [-0.39, 0.29) is 5.57 Å². The van der Waals surface area contributed by atoms with Gasteiger partial charge < -0.3 is 5.11 Å². The lowest BCUT2D eigenvalue weighted by atomic mass is 10.1. The van der Waals surface area contributed by atoms with Crippen molar-refractivity contribution in [3.8, 4) is 0 Å². The quantitative estimate of drug-likeness (QED) is 0.764. The number of aliphatic hydroxyl groups is 1. The Morgan fingerprint density at radius 1 is 1.31 bits per heavy atom. The molecule has 1 N–H and O–H groups in total. The van der Waals surface area contributed by atoms with Crippen molar-refractivity contribution in [1.82, 2.24) is 0 Å². The molecule has 16 heavy (non-hydrogen) atoms. The fourth-order valence-electron chi connectivity index (χ4n) is 1.42. The molecule has 0 spiro atoms. The zero-order valence-electron chi connectivity index (χ0n) is 9.24. The number of rotatable bonds is 5. The zero-order chi connectivity index (χ0) is 12.0. The summed E-state index contributed by atoms with van der Waals surface area (Å²) in [6.45, 7) is 1.33. The number of alkyl halides is 2. The molecule has 3 heteroatoms. The number of halogens is 2. The number of aliphatic hydroxyl groups excluding tert-OH is 1. The van der Waals surface area contributed by atoms with E-state index in [0.717, 1.165) is 5.56 Å². The van der Waals surface area contributed by atoms with Crippen LogP contribution in [0.15, 0.2) is 42.0 Å². The Morgan fingerprint density at radius 3 is 2.50 bits per heavy atom. The highest BCUT2D eigenvalue weighted by Gasteiger charge is 2.08. The standard InChI is InChI=1S/C13H16F2O/c1-10(13(14)15)9-12(16)8-7-11-5-3-2-4-6-11/h2-6,9,12-13,16H,7-8H2,1H3/b10-9-. The number of hydrogen-bond donors (Lipinski definition) is 1. The van der Waals surface area contributed by atoms with Crippen molar-refractivity contribution in [2.45, 2.75) is 32.3 Å². The summed E-state index contributed by atoms with van der Waals surface area (Å²) in [6.07, 6.45) is -0.892. The lowest BCUT2D eigenvalue weighted by Crippen LogP contribution is -2.07. The Hall–Kier alpha value is -1.22. The maximum atomic E-state index is 12.2. The molecule has 0 aromatic heterocycles. The summed E-state index contributed by atoms with van der Waals surface area (Å²) >= 11 is 0. The molecule has 0 aliphatic heterocycles. The van der Waals surface area contributed by atoms with Gasteiger partial charge in [0, 0.05) is 0 Å². The molecule has 1 aromatic rings. The average Bonchev–Trinajstić information content (AvgIpc) is 2.27. The van der Waals surface area contributed by atoms with Crippen LogP contribution >= 0.6 is 0 Å².